The van der Waals surface area contributed by atoms with Crippen LogP contribution in [0.5, 0.6) is 0 Å². The molecule has 8 nitrogen and oxygen atoms in total. The first-order chi connectivity index (χ1) is 15.7. The fourth-order valence-corrected chi connectivity index (χ4v) is 8.22. The van der Waals surface area contributed by atoms with Crippen LogP contribution in [0.15, 0.2) is 11.1 Å². The Hall–Kier alpha value is -1.64. The standard InChI is InChI=1S/C25H35NO7/c1-6-26-21(28)31-20-23(13(3)4,30-7-2)11-18-25(33-18)22(5)9-8-14-15(12-29-19(14)27)16(22)10-17-24(20,25)32-17/h13,16-18,20H,6-12H2,1-5H3,(H,26,28)/t16-,17-,18-,20+,22-,23+,24+,25+/m0/s1. The van der Waals surface area contributed by atoms with Gasteiger partial charge in [-0.1, -0.05) is 20.8 Å². The summed E-state index contributed by atoms with van der Waals surface area (Å²) in [5.74, 6) is 0.107. The normalized spacial score (nSPS) is 48.7. The van der Waals surface area contributed by atoms with Gasteiger partial charge in [-0.15, -0.1) is 0 Å². The number of hydrogen-bond donors (Lipinski definition) is 1. The smallest absolute Gasteiger partial charge is 0.407 e. The molecule has 3 aliphatic heterocycles. The van der Waals surface area contributed by atoms with Crippen LogP contribution in [0.3, 0.4) is 0 Å². The van der Waals surface area contributed by atoms with E-state index in [2.05, 4.69) is 26.1 Å². The zero-order valence-electron chi connectivity index (χ0n) is 20.2. The summed E-state index contributed by atoms with van der Waals surface area (Å²) in [5.41, 5.74) is -0.203. The molecule has 4 fully saturated rings. The number of amides is 1. The van der Waals surface area contributed by atoms with Gasteiger partial charge < -0.3 is 29.0 Å². The molecule has 2 saturated carbocycles. The second kappa shape index (κ2) is 6.73. The molecule has 6 rings (SSSR count). The highest BCUT2D eigenvalue weighted by atomic mass is 16.7. The van der Waals surface area contributed by atoms with Crippen LogP contribution in [0, 0.1) is 17.3 Å². The number of nitrogens with one attached hydrogen (secondary N) is 1. The molecule has 8 atom stereocenters. The summed E-state index contributed by atoms with van der Waals surface area (Å²) in [6.45, 7) is 11.8. The maximum atomic E-state index is 12.8. The van der Waals surface area contributed by atoms with Crippen LogP contribution in [-0.2, 0) is 28.5 Å². The van der Waals surface area contributed by atoms with Crippen molar-refractivity contribution in [2.75, 3.05) is 19.8 Å². The number of cyclic esters (lactones) is 1. The van der Waals surface area contributed by atoms with E-state index >= 15 is 0 Å². The largest absolute Gasteiger partial charge is 0.458 e. The molecule has 2 spiro atoms. The Bertz CT molecular complexity index is 947. The molecule has 3 heterocycles. The van der Waals surface area contributed by atoms with Crippen molar-refractivity contribution in [2.24, 2.45) is 17.3 Å². The Kier molecular flexibility index (Phi) is 4.46. The molecular formula is C25H35NO7. The first kappa shape index (κ1) is 21.9. The average Bonchev–Trinajstić information content (AvgIpc) is 3.64. The Morgan fingerprint density at radius 3 is 2.73 bits per heavy atom. The van der Waals surface area contributed by atoms with Gasteiger partial charge in [-0.3, -0.25) is 0 Å². The fourth-order valence-electron chi connectivity index (χ4n) is 8.22. The lowest BCUT2D eigenvalue weighted by Gasteiger charge is -2.57. The number of fused-ring (bicyclic) bond motifs is 2. The van der Waals surface area contributed by atoms with E-state index in [1.165, 1.54) is 0 Å². The number of rotatable bonds is 5. The number of carbonyl (C=O) groups excluding carboxylic acids is 2. The van der Waals surface area contributed by atoms with E-state index in [0.29, 0.717) is 32.6 Å². The molecule has 0 unspecified atom stereocenters. The summed E-state index contributed by atoms with van der Waals surface area (Å²) in [6, 6.07) is 0. The van der Waals surface area contributed by atoms with Crippen LogP contribution >= 0.6 is 0 Å². The van der Waals surface area contributed by atoms with Crippen molar-refractivity contribution >= 4 is 12.1 Å². The van der Waals surface area contributed by atoms with E-state index < -0.39 is 29.0 Å². The summed E-state index contributed by atoms with van der Waals surface area (Å²) in [4.78, 5) is 25.1. The van der Waals surface area contributed by atoms with E-state index in [-0.39, 0.29) is 35.4 Å². The summed E-state index contributed by atoms with van der Waals surface area (Å²) >= 11 is 0. The third kappa shape index (κ3) is 2.38. The highest BCUT2D eigenvalue weighted by Crippen LogP contribution is 2.80. The van der Waals surface area contributed by atoms with Crippen LogP contribution in [0.1, 0.15) is 60.3 Å². The van der Waals surface area contributed by atoms with Gasteiger partial charge in [0.05, 0.1) is 12.2 Å². The van der Waals surface area contributed by atoms with Gasteiger partial charge in [0.15, 0.2) is 11.7 Å². The minimum Gasteiger partial charge on any atom is -0.458 e. The monoisotopic (exact) mass is 461 g/mol. The van der Waals surface area contributed by atoms with Gasteiger partial charge in [0.1, 0.15) is 17.8 Å². The Balaban J connectivity index is 1.46. The number of epoxide rings is 2. The summed E-state index contributed by atoms with van der Waals surface area (Å²) < 4.78 is 31.5. The van der Waals surface area contributed by atoms with Gasteiger partial charge in [0, 0.05) is 30.6 Å². The fraction of sp³-hybridized carbons (Fsp3) is 0.840. The molecule has 33 heavy (non-hydrogen) atoms. The predicted molar refractivity (Wildman–Crippen MR) is 116 cm³/mol. The highest BCUT2D eigenvalue weighted by Gasteiger charge is 2.95. The quantitative estimate of drug-likeness (QED) is 0.496. The molecule has 6 aliphatic rings. The molecule has 0 radical (unpaired) electrons. The molecule has 8 heteroatoms. The Morgan fingerprint density at radius 2 is 2.03 bits per heavy atom. The van der Waals surface area contributed by atoms with Crippen LogP contribution < -0.4 is 5.32 Å². The number of alkyl carbamates (subject to hydrolysis) is 1. The number of carbonyl (C=O) groups is 2. The van der Waals surface area contributed by atoms with Crippen LogP contribution in [0.4, 0.5) is 4.79 Å². The highest BCUT2D eigenvalue weighted by molar-refractivity contribution is 5.92. The van der Waals surface area contributed by atoms with Crippen molar-refractivity contribution in [2.45, 2.75) is 95.4 Å². The molecule has 0 aromatic rings. The number of ether oxygens (including phenoxy) is 5. The van der Waals surface area contributed by atoms with Gasteiger partial charge >= 0.3 is 12.1 Å². The SMILES string of the molecule is CCNC(=O)O[C@H]1[C@]23O[C@H]2C[C@H]2C4=C(CC[C@]2(C)[C@@]32O[C@H]2C[C@@]1(OCC)C(C)C)C(=O)OC4. The van der Waals surface area contributed by atoms with E-state index in [4.69, 9.17) is 23.7 Å². The van der Waals surface area contributed by atoms with Crippen molar-refractivity contribution in [3.8, 4) is 0 Å². The van der Waals surface area contributed by atoms with E-state index in [0.717, 1.165) is 24.0 Å². The van der Waals surface area contributed by atoms with Gasteiger partial charge in [0.25, 0.3) is 0 Å². The second-order valence-corrected chi connectivity index (χ2v) is 11.1. The van der Waals surface area contributed by atoms with Gasteiger partial charge in [-0.25, -0.2) is 9.59 Å². The van der Waals surface area contributed by atoms with Crippen molar-refractivity contribution in [1.82, 2.24) is 5.32 Å². The zero-order valence-corrected chi connectivity index (χ0v) is 20.2. The molecule has 0 bridgehead atoms. The summed E-state index contributed by atoms with van der Waals surface area (Å²) in [6.07, 6.45) is 1.80. The first-order valence-electron chi connectivity index (χ1n) is 12.5. The third-order valence-electron chi connectivity index (χ3n) is 9.71. The van der Waals surface area contributed by atoms with Gasteiger partial charge in [0.2, 0.25) is 0 Å². The van der Waals surface area contributed by atoms with Gasteiger partial charge in [-0.2, -0.15) is 0 Å². The van der Waals surface area contributed by atoms with E-state index in [1.54, 1.807) is 0 Å². The lowest BCUT2D eigenvalue weighted by molar-refractivity contribution is -0.203. The lowest BCUT2D eigenvalue weighted by Crippen LogP contribution is -2.73. The van der Waals surface area contributed by atoms with Crippen LogP contribution in [-0.4, -0.2) is 66.9 Å². The molecule has 1 N–H and O–H groups in total. The average molecular weight is 462 g/mol. The molecule has 1 amide bonds. The molecular weight excluding hydrogens is 426 g/mol. The minimum atomic E-state index is -0.729. The molecule has 3 aliphatic carbocycles. The van der Waals surface area contributed by atoms with Crippen molar-refractivity contribution in [3.05, 3.63) is 11.1 Å². The van der Waals surface area contributed by atoms with E-state index in [9.17, 15) is 9.59 Å². The summed E-state index contributed by atoms with van der Waals surface area (Å²) in [5, 5.41) is 2.80. The third-order valence-corrected chi connectivity index (χ3v) is 9.71. The lowest BCUT2D eigenvalue weighted by atomic mass is 9.46. The Labute approximate surface area is 194 Å². The minimum absolute atomic E-state index is 0.0292. The Morgan fingerprint density at radius 1 is 1.24 bits per heavy atom. The first-order valence-corrected chi connectivity index (χ1v) is 12.5. The molecule has 182 valence electrons. The second-order valence-electron chi connectivity index (χ2n) is 11.1. The topological polar surface area (TPSA) is 98.9 Å². The van der Waals surface area contributed by atoms with Crippen LogP contribution in [0.2, 0.25) is 0 Å². The molecule has 0 aromatic carbocycles. The summed E-state index contributed by atoms with van der Waals surface area (Å²) in [7, 11) is 0. The number of esters is 1. The van der Waals surface area contributed by atoms with Crippen molar-refractivity contribution in [3.63, 3.8) is 0 Å². The maximum absolute atomic E-state index is 12.8. The van der Waals surface area contributed by atoms with E-state index in [1.807, 2.05) is 13.8 Å². The predicted octanol–water partition coefficient (Wildman–Crippen LogP) is 2.88. The number of hydrogen-bond acceptors (Lipinski definition) is 7. The van der Waals surface area contributed by atoms with Crippen molar-refractivity contribution in [1.29, 1.82) is 0 Å². The zero-order chi connectivity index (χ0) is 23.4. The molecule has 0 aromatic heterocycles. The van der Waals surface area contributed by atoms with Gasteiger partial charge in [-0.05, 0) is 50.5 Å². The van der Waals surface area contributed by atoms with Crippen LogP contribution in [0.25, 0.3) is 0 Å². The van der Waals surface area contributed by atoms with Crippen molar-refractivity contribution < 1.29 is 33.3 Å². The molecule has 2 saturated heterocycles. The maximum Gasteiger partial charge on any atom is 0.407 e.